The van der Waals surface area contributed by atoms with Gasteiger partial charge in [0.2, 0.25) is 0 Å². The third-order valence-corrected chi connectivity index (χ3v) is 3.13. The van der Waals surface area contributed by atoms with Gasteiger partial charge in [-0.1, -0.05) is 29.4 Å². The van der Waals surface area contributed by atoms with Crippen molar-refractivity contribution in [2.45, 2.75) is 9.79 Å². The molecule has 3 nitrogen and oxygen atoms in total. The summed E-state index contributed by atoms with van der Waals surface area (Å²) in [7, 11) is 0. The van der Waals surface area contributed by atoms with Gasteiger partial charge in [0.1, 0.15) is 5.82 Å². The highest BCUT2D eigenvalue weighted by Crippen LogP contribution is 2.29. The molecule has 1 aromatic carbocycles. The van der Waals surface area contributed by atoms with Crippen LogP contribution in [0, 0.1) is 0 Å². The first-order valence-electron chi connectivity index (χ1n) is 4.64. The predicted octanol–water partition coefficient (Wildman–Crippen LogP) is 3.17. The second-order valence-electron chi connectivity index (χ2n) is 3.08. The number of halogens is 1. The molecule has 0 saturated carbocycles. The molecule has 82 valence electrons. The van der Waals surface area contributed by atoms with E-state index in [1.165, 1.54) is 0 Å². The lowest BCUT2D eigenvalue weighted by molar-refractivity contribution is 1.19. The zero-order chi connectivity index (χ0) is 11.4. The molecule has 0 amide bonds. The Hall–Kier alpha value is -1.23. The average Bonchev–Trinajstić information content (AvgIpc) is 2.29. The Labute approximate surface area is 103 Å². The number of hydrazine groups is 1. The Kier molecular flexibility index (Phi) is 3.66. The third-order valence-electron chi connectivity index (χ3n) is 1.91. The van der Waals surface area contributed by atoms with Crippen LogP contribution in [-0.4, -0.2) is 4.98 Å². The largest absolute Gasteiger partial charge is 0.308 e. The number of anilines is 1. The average molecular weight is 252 g/mol. The number of nitrogens with two attached hydrogens (primary N) is 1. The first kappa shape index (κ1) is 11.3. The van der Waals surface area contributed by atoms with Crippen LogP contribution in [0.15, 0.2) is 52.4 Å². The minimum atomic E-state index is 0.645. The lowest BCUT2D eigenvalue weighted by atomic mass is 10.4. The molecule has 0 radical (unpaired) electrons. The van der Waals surface area contributed by atoms with E-state index in [2.05, 4.69) is 10.4 Å². The van der Waals surface area contributed by atoms with Crippen LogP contribution in [0.5, 0.6) is 0 Å². The smallest absolute Gasteiger partial charge is 0.140 e. The number of hydrogen-bond acceptors (Lipinski definition) is 4. The second kappa shape index (κ2) is 5.21. The monoisotopic (exact) mass is 251 g/mol. The van der Waals surface area contributed by atoms with Crippen molar-refractivity contribution in [1.29, 1.82) is 0 Å². The zero-order valence-electron chi connectivity index (χ0n) is 8.35. The predicted molar refractivity (Wildman–Crippen MR) is 67.6 cm³/mol. The summed E-state index contributed by atoms with van der Waals surface area (Å²) < 4.78 is 0. The maximum absolute atomic E-state index is 5.91. The van der Waals surface area contributed by atoms with E-state index >= 15 is 0 Å². The minimum Gasteiger partial charge on any atom is -0.308 e. The van der Waals surface area contributed by atoms with Gasteiger partial charge < -0.3 is 5.43 Å². The normalized spacial score (nSPS) is 10.1. The van der Waals surface area contributed by atoms with Gasteiger partial charge in [0.15, 0.2) is 0 Å². The highest BCUT2D eigenvalue weighted by molar-refractivity contribution is 7.99. The van der Waals surface area contributed by atoms with Crippen molar-refractivity contribution in [2.24, 2.45) is 5.84 Å². The summed E-state index contributed by atoms with van der Waals surface area (Å²) in [5.74, 6) is 5.94. The summed E-state index contributed by atoms with van der Waals surface area (Å²) in [6, 6.07) is 11.5. The van der Waals surface area contributed by atoms with E-state index in [0.717, 1.165) is 14.8 Å². The van der Waals surface area contributed by atoms with Crippen molar-refractivity contribution in [3.63, 3.8) is 0 Å². The van der Waals surface area contributed by atoms with Crippen molar-refractivity contribution < 1.29 is 0 Å². The Balaban J connectivity index is 2.20. The highest BCUT2D eigenvalue weighted by Gasteiger charge is 1.99. The van der Waals surface area contributed by atoms with Gasteiger partial charge in [0, 0.05) is 21.0 Å². The Morgan fingerprint density at radius 1 is 1.19 bits per heavy atom. The number of benzene rings is 1. The number of pyridine rings is 1. The molecule has 0 unspecified atom stereocenters. The first-order chi connectivity index (χ1) is 7.78. The van der Waals surface area contributed by atoms with Crippen molar-refractivity contribution in [3.05, 3.63) is 47.6 Å². The van der Waals surface area contributed by atoms with Crippen LogP contribution in [0.2, 0.25) is 5.02 Å². The number of aromatic nitrogens is 1. The number of nitrogen functional groups attached to an aromatic ring is 1. The van der Waals surface area contributed by atoms with Crippen LogP contribution >= 0.6 is 23.4 Å². The van der Waals surface area contributed by atoms with Crippen LogP contribution in [0.3, 0.4) is 0 Å². The number of nitrogens with zero attached hydrogens (tertiary/aromatic N) is 1. The molecule has 5 heteroatoms. The lowest BCUT2D eigenvalue weighted by Gasteiger charge is -2.04. The minimum absolute atomic E-state index is 0.645. The second-order valence-corrected chi connectivity index (χ2v) is 4.66. The molecule has 2 aromatic rings. The molecular weight excluding hydrogens is 242 g/mol. The van der Waals surface area contributed by atoms with Gasteiger partial charge in [-0.25, -0.2) is 10.8 Å². The number of nitrogens with one attached hydrogen (secondary N) is 1. The van der Waals surface area contributed by atoms with Crippen molar-refractivity contribution in [3.8, 4) is 0 Å². The Bertz CT molecular complexity index is 490. The fourth-order valence-corrected chi connectivity index (χ4v) is 2.38. The fraction of sp³-hybridized carbons (Fsp3) is 0. The summed E-state index contributed by atoms with van der Waals surface area (Å²) >= 11 is 7.52. The van der Waals surface area contributed by atoms with Gasteiger partial charge in [0.05, 0.1) is 0 Å². The summed E-state index contributed by atoms with van der Waals surface area (Å²) in [6.07, 6.45) is 1.71. The van der Waals surface area contributed by atoms with E-state index in [9.17, 15) is 0 Å². The lowest BCUT2D eigenvalue weighted by Crippen LogP contribution is -2.07. The van der Waals surface area contributed by atoms with Crippen LogP contribution in [0.4, 0.5) is 5.82 Å². The molecule has 0 bridgehead atoms. The van der Waals surface area contributed by atoms with Crippen LogP contribution in [0.25, 0.3) is 0 Å². The molecule has 0 aliphatic heterocycles. The van der Waals surface area contributed by atoms with Crippen LogP contribution in [-0.2, 0) is 0 Å². The van der Waals surface area contributed by atoms with E-state index in [-0.39, 0.29) is 0 Å². The standard InChI is InChI=1S/C11H10ClN3S/c12-8-2-1-3-9(6-8)16-10-4-5-14-11(7-10)15-13/h1-7H,13H2,(H,14,15). The van der Waals surface area contributed by atoms with E-state index in [0.29, 0.717) is 5.82 Å². The van der Waals surface area contributed by atoms with Gasteiger partial charge in [-0.05, 0) is 30.3 Å². The summed E-state index contributed by atoms with van der Waals surface area (Å²) in [5.41, 5.74) is 2.51. The number of rotatable bonds is 3. The van der Waals surface area contributed by atoms with E-state index in [1.807, 2.05) is 36.4 Å². The molecule has 16 heavy (non-hydrogen) atoms. The summed E-state index contributed by atoms with van der Waals surface area (Å²) in [4.78, 5) is 6.19. The molecule has 1 heterocycles. The maximum Gasteiger partial charge on any atom is 0.140 e. The third kappa shape index (κ3) is 2.88. The highest BCUT2D eigenvalue weighted by atomic mass is 35.5. The molecule has 3 N–H and O–H groups in total. The first-order valence-corrected chi connectivity index (χ1v) is 5.83. The van der Waals surface area contributed by atoms with Crippen LogP contribution < -0.4 is 11.3 Å². The molecular formula is C11H10ClN3S. The molecule has 2 rings (SSSR count). The van der Waals surface area contributed by atoms with E-state index in [1.54, 1.807) is 18.0 Å². The molecule has 0 aliphatic rings. The molecule has 0 spiro atoms. The Morgan fingerprint density at radius 3 is 2.75 bits per heavy atom. The SMILES string of the molecule is NNc1cc(Sc2cccc(Cl)c2)ccn1. The van der Waals surface area contributed by atoms with Crippen molar-refractivity contribution in [1.82, 2.24) is 4.98 Å². The number of hydrogen-bond donors (Lipinski definition) is 2. The molecule has 0 saturated heterocycles. The molecule has 0 fully saturated rings. The summed E-state index contributed by atoms with van der Waals surface area (Å²) in [5, 5.41) is 0.733. The zero-order valence-corrected chi connectivity index (χ0v) is 9.92. The molecule has 0 aliphatic carbocycles. The quantitative estimate of drug-likeness (QED) is 0.650. The van der Waals surface area contributed by atoms with E-state index < -0.39 is 0 Å². The molecule has 1 aromatic heterocycles. The molecule has 0 atom stereocenters. The van der Waals surface area contributed by atoms with Gasteiger partial charge in [-0.3, -0.25) is 0 Å². The van der Waals surface area contributed by atoms with Gasteiger partial charge in [0.25, 0.3) is 0 Å². The van der Waals surface area contributed by atoms with E-state index in [4.69, 9.17) is 17.4 Å². The van der Waals surface area contributed by atoms with Gasteiger partial charge in [-0.2, -0.15) is 0 Å². The van der Waals surface area contributed by atoms with Gasteiger partial charge in [-0.15, -0.1) is 0 Å². The van der Waals surface area contributed by atoms with Crippen LogP contribution in [0.1, 0.15) is 0 Å². The topological polar surface area (TPSA) is 50.9 Å². The summed E-state index contributed by atoms with van der Waals surface area (Å²) in [6.45, 7) is 0. The van der Waals surface area contributed by atoms with Crippen molar-refractivity contribution >= 4 is 29.2 Å². The maximum atomic E-state index is 5.91. The van der Waals surface area contributed by atoms with Gasteiger partial charge >= 0.3 is 0 Å². The fourth-order valence-electron chi connectivity index (χ4n) is 1.22. The van der Waals surface area contributed by atoms with Crippen molar-refractivity contribution in [2.75, 3.05) is 5.43 Å². The Morgan fingerprint density at radius 2 is 2.00 bits per heavy atom.